The smallest absolute Gasteiger partial charge is 0.224 e. The third-order valence-electron chi connectivity index (χ3n) is 3.44. The van der Waals surface area contributed by atoms with Gasteiger partial charge in [-0.1, -0.05) is 35.3 Å². The van der Waals surface area contributed by atoms with Crippen LogP contribution in [0, 0.1) is 0 Å². The topological polar surface area (TPSA) is 59.1 Å². The van der Waals surface area contributed by atoms with Crippen molar-refractivity contribution in [2.75, 3.05) is 17.7 Å². The van der Waals surface area contributed by atoms with Crippen LogP contribution in [0.1, 0.15) is 5.56 Å². The molecule has 0 saturated carbocycles. The van der Waals surface area contributed by atoms with Crippen LogP contribution in [-0.4, -0.2) is 17.1 Å². The molecule has 3 aromatic rings. The molecule has 0 radical (unpaired) electrons. The van der Waals surface area contributed by atoms with Crippen LogP contribution in [0.3, 0.4) is 0 Å². The number of rotatable bonds is 6. The lowest BCUT2D eigenvalue weighted by atomic mass is 10.2. The van der Waals surface area contributed by atoms with E-state index >= 15 is 0 Å². The summed E-state index contributed by atoms with van der Waals surface area (Å²) in [4.78, 5) is 8.66. The van der Waals surface area contributed by atoms with Crippen molar-refractivity contribution in [2.24, 2.45) is 0 Å². The maximum atomic E-state index is 6.14. The molecule has 0 amide bonds. The van der Waals surface area contributed by atoms with Gasteiger partial charge in [0.25, 0.3) is 0 Å². The van der Waals surface area contributed by atoms with Crippen LogP contribution in [0.4, 0.5) is 17.5 Å². The summed E-state index contributed by atoms with van der Waals surface area (Å²) in [5.41, 5.74) is 1.90. The van der Waals surface area contributed by atoms with E-state index in [2.05, 4.69) is 20.6 Å². The van der Waals surface area contributed by atoms with E-state index in [1.54, 1.807) is 31.5 Å². The molecule has 0 saturated heterocycles. The number of nitrogens with one attached hydrogen (secondary N) is 2. The van der Waals surface area contributed by atoms with Crippen molar-refractivity contribution in [1.82, 2.24) is 9.97 Å². The quantitative estimate of drug-likeness (QED) is 0.624. The molecule has 0 atom stereocenters. The van der Waals surface area contributed by atoms with E-state index in [4.69, 9.17) is 27.9 Å². The monoisotopic (exact) mass is 374 g/mol. The summed E-state index contributed by atoms with van der Waals surface area (Å²) in [7, 11) is 1.58. The van der Waals surface area contributed by atoms with Gasteiger partial charge < -0.3 is 15.4 Å². The second-order valence-electron chi connectivity index (χ2n) is 5.22. The van der Waals surface area contributed by atoms with E-state index in [9.17, 15) is 0 Å². The molecule has 128 valence electrons. The van der Waals surface area contributed by atoms with Gasteiger partial charge in [-0.15, -0.1) is 0 Å². The molecule has 0 aliphatic heterocycles. The number of ether oxygens (including phenoxy) is 1. The standard InChI is InChI=1S/C18H16Cl2N4O/c1-25-16-7-6-14(10-15(16)20)23-17-8-9-21-18(24-17)22-11-12-2-4-13(19)5-3-12/h2-10H,11H2,1H3,(H2,21,22,23,24). The number of nitrogens with zero attached hydrogens (tertiary/aromatic N) is 2. The summed E-state index contributed by atoms with van der Waals surface area (Å²) in [6.45, 7) is 0.606. The van der Waals surface area contributed by atoms with Crippen molar-refractivity contribution in [3.05, 3.63) is 70.3 Å². The zero-order valence-corrected chi connectivity index (χ0v) is 15.0. The Balaban J connectivity index is 1.66. The van der Waals surface area contributed by atoms with E-state index < -0.39 is 0 Å². The van der Waals surface area contributed by atoms with E-state index in [-0.39, 0.29) is 0 Å². The Kier molecular flexibility index (Phi) is 5.58. The predicted molar refractivity (Wildman–Crippen MR) is 102 cm³/mol. The molecule has 5 nitrogen and oxygen atoms in total. The average Bonchev–Trinajstić information content (AvgIpc) is 2.62. The van der Waals surface area contributed by atoms with Crippen LogP contribution in [0.5, 0.6) is 5.75 Å². The number of methoxy groups -OCH3 is 1. The fourth-order valence-electron chi connectivity index (χ4n) is 2.19. The van der Waals surface area contributed by atoms with Gasteiger partial charge in [0, 0.05) is 23.5 Å². The molecule has 7 heteroatoms. The minimum atomic E-state index is 0.527. The minimum absolute atomic E-state index is 0.527. The van der Waals surface area contributed by atoms with Crippen molar-refractivity contribution < 1.29 is 4.74 Å². The first-order valence-corrected chi connectivity index (χ1v) is 8.31. The Morgan fingerprint density at radius 2 is 1.84 bits per heavy atom. The molecule has 0 spiro atoms. The maximum absolute atomic E-state index is 6.14. The van der Waals surface area contributed by atoms with Crippen LogP contribution >= 0.6 is 23.2 Å². The molecule has 0 aliphatic carbocycles. The zero-order valence-electron chi connectivity index (χ0n) is 13.5. The number of anilines is 3. The highest BCUT2D eigenvalue weighted by atomic mass is 35.5. The highest BCUT2D eigenvalue weighted by Gasteiger charge is 2.04. The summed E-state index contributed by atoms with van der Waals surface area (Å²) in [5, 5.41) is 7.62. The van der Waals surface area contributed by atoms with Crippen LogP contribution in [0.15, 0.2) is 54.7 Å². The lowest BCUT2D eigenvalue weighted by Crippen LogP contribution is -2.04. The third kappa shape index (κ3) is 4.75. The number of halogens is 2. The SMILES string of the molecule is COc1ccc(Nc2ccnc(NCc3ccc(Cl)cc3)n2)cc1Cl. The van der Waals surface area contributed by atoms with Gasteiger partial charge in [-0.2, -0.15) is 4.98 Å². The first-order chi connectivity index (χ1) is 12.1. The number of aromatic nitrogens is 2. The van der Waals surface area contributed by atoms with Crippen LogP contribution in [0.25, 0.3) is 0 Å². The van der Waals surface area contributed by atoms with E-state index in [1.807, 2.05) is 30.3 Å². The van der Waals surface area contributed by atoms with Crippen molar-refractivity contribution in [3.8, 4) is 5.75 Å². The second kappa shape index (κ2) is 8.05. The Bertz CT molecular complexity index is 856. The van der Waals surface area contributed by atoms with Crippen molar-refractivity contribution in [2.45, 2.75) is 6.54 Å². The summed E-state index contributed by atoms with van der Waals surface area (Å²) in [6.07, 6.45) is 1.69. The number of hydrogen-bond donors (Lipinski definition) is 2. The van der Waals surface area contributed by atoms with E-state index in [0.29, 0.717) is 34.1 Å². The molecule has 25 heavy (non-hydrogen) atoms. The Labute approximate surface area is 156 Å². The summed E-state index contributed by atoms with van der Waals surface area (Å²) in [6, 6.07) is 14.8. The first kappa shape index (κ1) is 17.3. The predicted octanol–water partition coefficient (Wildman–Crippen LogP) is 5.15. The number of hydrogen-bond acceptors (Lipinski definition) is 5. The lowest BCUT2D eigenvalue weighted by molar-refractivity contribution is 0.415. The van der Waals surface area contributed by atoms with Gasteiger partial charge in [-0.05, 0) is 42.0 Å². The van der Waals surface area contributed by atoms with Crippen molar-refractivity contribution >= 4 is 40.7 Å². The van der Waals surface area contributed by atoms with Crippen LogP contribution in [0.2, 0.25) is 10.0 Å². The molecule has 0 fully saturated rings. The minimum Gasteiger partial charge on any atom is -0.495 e. The van der Waals surface area contributed by atoms with Gasteiger partial charge >= 0.3 is 0 Å². The van der Waals surface area contributed by atoms with Gasteiger partial charge in [0.1, 0.15) is 11.6 Å². The van der Waals surface area contributed by atoms with Gasteiger partial charge in [-0.3, -0.25) is 0 Å². The normalized spacial score (nSPS) is 10.4. The lowest BCUT2D eigenvalue weighted by Gasteiger charge is -2.10. The molecule has 2 N–H and O–H groups in total. The van der Waals surface area contributed by atoms with Gasteiger partial charge in [-0.25, -0.2) is 4.98 Å². The Hall–Kier alpha value is -2.50. The first-order valence-electron chi connectivity index (χ1n) is 7.56. The summed E-state index contributed by atoms with van der Waals surface area (Å²) in [5.74, 6) is 1.81. The molecular weight excluding hydrogens is 359 g/mol. The van der Waals surface area contributed by atoms with Gasteiger partial charge in [0.05, 0.1) is 12.1 Å². The molecule has 0 aliphatic rings. The largest absolute Gasteiger partial charge is 0.495 e. The Morgan fingerprint density at radius 3 is 2.56 bits per heavy atom. The molecular formula is C18H16Cl2N4O. The van der Waals surface area contributed by atoms with Crippen LogP contribution < -0.4 is 15.4 Å². The van der Waals surface area contributed by atoms with E-state index in [0.717, 1.165) is 11.3 Å². The van der Waals surface area contributed by atoms with Crippen LogP contribution in [-0.2, 0) is 6.54 Å². The molecule has 2 aromatic carbocycles. The van der Waals surface area contributed by atoms with Gasteiger partial charge in [0.2, 0.25) is 5.95 Å². The highest BCUT2D eigenvalue weighted by Crippen LogP contribution is 2.28. The summed E-state index contributed by atoms with van der Waals surface area (Å²) < 4.78 is 5.15. The molecule has 3 rings (SSSR count). The second-order valence-corrected chi connectivity index (χ2v) is 6.06. The van der Waals surface area contributed by atoms with Crippen molar-refractivity contribution in [3.63, 3.8) is 0 Å². The van der Waals surface area contributed by atoms with E-state index in [1.165, 1.54) is 0 Å². The average molecular weight is 375 g/mol. The fraction of sp³-hybridized carbons (Fsp3) is 0.111. The molecule has 1 aromatic heterocycles. The highest BCUT2D eigenvalue weighted by molar-refractivity contribution is 6.32. The Morgan fingerprint density at radius 1 is 1.04 bits per heavy atom. The van der Waals surface area contributed by atoms with Crippen molar-refractivity contribution in [1.29, 1.82) is 0 Å². The molecule has 0 unspecified atom stereocenters. The summed E-state index contributed by atoms with van der Waals surface area (Å²) >= 11 is 12.0. The molecule has 0 bridgehead atoms. The third-order valence-corrected chi connectivity index (χ3v) is 3.99. The molecule has 1 heterocycles. The fourth-order valence-corrected chi connectivity index (χ4v) is 2.57. The maximum Gasteiger partial charge on any atom is 0.224 e. The number of benzene rings is 2. The van der Waals surface area contributed by atoms with Gasteiger partial charge in [0.15, 0.2) is 0 Å². The zero-order chi connectivity index (χ0) is 17.6.